The summed E-state index contributed by atoms with van der Waals surface area (Å²) in [7, 11) is 2.12. The second-order valence-corrected chi connectivity index (χ2v) is 11.4. The summed E-state index contributed by atoms with van der Waals surface area (Å²) in [4.78, 5) is 6.95. The summed E-state index contributed by atoms with van der Waals surface area (Å²) in [5.74, 6) is 4.09. The molecule has 0 fully saturated rings. The van der Waals surface area contributed by atoms with Gasteiger partial charge in [-0.05, 0) is 72.1 Å². The van der Waals surface area contributed by atoms with Crippen LogP contribution in [0.25, 0.3) is 40.1 Å². The lowest BCUT2D eigenvalue weighted by molar-refractivity contribution is -0.656. The van der Waals surface area contributed by atoms with E-state index in [1.807, 2.05) is 13.0 Å². The Balaban J connectivity index is 1.57. The number of hydrogen-bond acceptors (Lipinski definition) is 3. The third kappa shape index (κ3) is 4.28. The van der Waals surface area contributed by atoms with E-state index in [0.717, 1.165) is 27.7 Å². The largest absolute Gasteiger partial charge is 0.435 e. The average molecular weight is 515 g/mol. The molecule has 0 unspecified atom stereocenters. The zero-order valence-corrected chi connectivity index (χ0v) is 23.9. The topological polar surface area (TPSA) is 38.1 Å². The highest BCUT2D eigenvalue weighted by Crippen LogP contribution is 2.37. The first-order valence-electron chi connectivity index (χ1n) is 13.9. The molecule has 39 heavy (non-hydrogen) atoms. The number of pyridine rings is 1. The van der Waals surface area contributed by atoms with E-state index in [2.05, 4.69) is 134 Å². The predicted molar refractivity (Wildman–Crippen MR) is 162 cm³/mol. The van der Waals surface area contributed by atoms with Crippen molar-refractivity contribution in [1.29, 1.82) is 0 Å². The first kappa shape index (κ1) is 25.2. The highest BCUT2D eigenvalue weighted by atomic mass is 16.3. The molecular weight excluding hydrogens is 479 g/mol. The summed E-state index contributed by atoms with van der Waals surface area (Å²) in [5, 5.41) is 2.19. The van der Waals surface area contributed by atoms with Gasteiger partial charge in [0.05, 0.1) is 19.4 Å². The summed E-state index contributed by atoms with van der Waals surface area (Å²) < 4.78 is 10.8. The summed E-state index contributed by atoms with van der Waals surface area (Å²) >= 11 is 0. The van der Waals surface area contributed by atoms with Gasteiger partial charge in [-0.1, -0.05) is 64.0 Å². The minimum Gasteiger partial charge on any atom is -0.435 e. The monoisotopic (exact) mass is 515 g/mol. The molecule has 5 aromatic rings. The molecule has 196 valence electrons. The van der Waals surface area contributed by atoms with Crippen LogP contribution in [0.15, 0.2) is 71.4 Å². The number of benzene rings is 2. The van der Waals surface area contributed by atoms with E-state index in [1.54, 1.807) is 0 Å². The normalized spacial score (nSPS) is 13.3. The van der Waals surface area contributed by atoms with Crippen LogP contribution in [-0.2, 0) is 7.05 Å². The Kier molecular flexibility index (Phi) is 6.21. The molecule has 0 atom stereocenters. The van der Waals surface area contributed by atoms with Crippen LogP contribution in [0, 0.1) is 6.92 Å². The molecule has 0 aliphatic carbocycles. The molecule has 1 aliphatic heterocycles. The third-order valence-corrected chi connectivity index (χ3v) is 7.83. The summed E-state index contributed by atoms with van der Waals surface area (Å²) in [6, 6.07) is 19.6. The number of nitrogens with zero attached hydrogens (tertiary/aromatic N) is 4. The van der Waals surface area contributed by atoms with Crippen molar-refractivity contribution in [2.45, 2.75) is 53.3 Å². The Morgan fingerprint density at radius 1 is 0.923 bits per heavy atom. The van der Waals surface area contributed by atoms with Crippen LogP contribution in [0.1, 0.15) is 56.4 Å². The van der Waals surface area contributed by atoms with Crippen molar-refractivity contribution in [3.63, 3.8) is 0 Å². The molecule has 0 radical (unpaired) electrons. The second-order valence-electron chi connectivity index (χ2n) is 11.4. The van der Waals surface area contributed by atoms with Crippen molar-refractivity contribution in [2.75, 3.05) is 4.81 Å². The number of fused-ring (bicyclic) bond motifs is 3. The van der Waals surface area contributed by atoms with Crippen LogP contribution in [0.5, 0.6) is 0 Å². The number of rotatable bonds is 5. The lowest BCUT2D eigenvalue weighted by Gasteiger charge is -2.24. The van der Waals surface area contributed by atoms with Crippen LogP contribution >= 0.6 is 0 Å². The van der Waals surface area contributed by atoms with Crippen molar-refractivity contribution >= 4 is 36.1 Å². The smallest absolute Gasteiger partial charge is 0.367 e. The van der Waals surface area contributed by atoms with E-state index in [0.29, 0.717) is 17.5 Å². The fourth-order valence-corrected chi connectivity index (χ4v) is 5.77. The number of hydrogen-bond donors (Lipinski definition) is 0. The first-order chi connectivity index (χ1) is 18.7. The standard InChI is InChI=1S/C33H36BN4O/c1-21(2)27-17-25(24-11-9-8-10-12-24)18-28(22(3)4)31(27)37-16-15-36(7)33(37)38-20-30-29(19-34(38)6)26-14-13-23(5)35-32(26)39-30/h8-22H,1-7H3/q+1. The van der Waals surface area contributed by atoms with E-state index in [1.165, 1.54) is 27.9 Å². The molecule has 0 spiro atoms. The van der Waals surface area contributed by atoms with Crippen LogP contribution in [-0.4, -0.2) is 16.4 Å². The number of furan rings is 1. The molecule has 3 aromatic heterocycles. The Morgan fingerprint density at radius 2 is 1.62 bits per heavy atom. The molecule has 0 saturated carbocycles. The van der Waals surface area contributed by atoms with Crippen molar-refractivity contribution < 1.29 is 8.98 Å². The van der Waals surface area contributed by atoms with Gasteiger partial charge in [0, 0.05) is 16.3 Å². The quantitative estimate of drug-likeness (QED) is 0.217. The zero-order chi connectivity index (χ0) is 27.4. The molecule has 1 aliphatic rings. The number of anilines is 1. The van der Waals surface area contributed by atoms with Gasteiger partial charge in [-0.25, -0.2) is 14.1 Å². The summed E-state index contributed by atoms with van der Waals surface area (Å²) in [6.45, 7) is 13.5. The number of imidazole rings is 1. The number of aromatic nitrogens is 3. The molecule has 0 N–H and O–H groups in total. The van der Waals surface area contributed by atoms with Crippen LogP contribution in [0.4, 0.5) is 5.95 Å². The fourth-order valence-electron chi connectivity index (χ4n) is 5.77. The maximum Gasteiger partial charge on any atom is 0.367 e. The Labute approximate surface area is 230 Å². The molecule has 2 aromatic carbocycles. The summed E-state index contributed by atoms with van der Waals surface area (Å²) in [5.41, 5.74) is 8.98. The van der Waals surface area contributed by atoms with Crippen molar-refractivity contribution in [1.82, 2.24) is 9.55 Å². The van der Waals surface area contributed by atoms with Gasteiger partial charge >= 0.3 is 12.8 Å². The minimum atomic E-state index is 0.132. The van der Waals surface area contributed by atoms with Gasteiger partial charge in [-0.15, -0.1) is 0 Å². The maximum atomic E-state index is 6.26. The fraction of sp³-hybridized carbons (Fsp3) is 0.273. The molecule has 4 heterocycles. The van der Waals surface area contributed by atoms with Crippen LogP contribution < -0.4 is 20.0 Å². The third-order valence-electron chi connectivity index (χ3n) is 7.83. The van der Waals surface area contributed by atoms with E-state index >= 15 is 0 Å². The predicted octanol–water partition coefficient (Wildman–Crippen LogP) is 5.86. The van der Waals surface area contributed by atoms with Crippen LogP contribution in [0.2, 0.25) is 6.82 Å². The van der Waals surface area contributed by atoms with Gasteiger partial charge in [-0.3, -0.25) is 4.81 Å². The molecule has 5 nitrogen and oxygen atoms in total. The minimum absolute atomic E-state index is 0.132. The van der Waals surface area contributed by atoms with Gasteiger partial charge in [0.25, 0.3) is 0 Å². The van der Waals surface area contributed by atoms with Gasteiger partial charge in [0.2, 0.25) is 5.71 Å². The zero-order valence-electron chi connectivity index (χ0n) is 23.9. The van der Waals surface area contributed by atoms with Crippen molar-refractivity contribution in [3.05, 3.63) is 94.4 Å². The van der Waals surface area contributed by atoms with Crippen molar-refractivity contribution in [2.24, 2.45) is 7.05 Å². The lowest BCUT2D eigenvalue weighted by Crippen LogP contribution is -2.47. The van der Waals surface area contributed by atoms with E-state index in [-0.39, 0.29) is 6.85 Å². The average Bonchev–Trinajstić information content (AvgIpc) is 3.46. The molecule has 0 bridgehead atoms. The van der Waals surface area contributed by atoms with Gasteiger partial charge in [0.15, 0.2) is 5.42 Å². The van der Waals surface area contributed by atoms with E-state index in [9.17, 15) is 0 Å². The Hall–Kier alpha value is -4.06. The Morgan fingerprint density at radius 3 is 2.28 bits per heavy atom. The second kappa shape index (κ2) is 9.60. The summed E-state index contributed by atoms with van der Waals surface area (Å²) in [6.07, 6.45) is 6.49. The lowest BCUT2D eigenvalue weighted by atomic mass is 9.62. The molecule has 0 saturated heterocycles. The SMILES string of the molecule is CB1C=c2c(oc3nc(C)ccc23)=CN1c1n(-c2c(C(C)C)cc(-c3ccccc3)cc2C(C)C)cc[n+]1C. The van der Waals surface area contributed by atoms with E-state index < -0.39 is 0 Å². The highest BCUT2D eigenvalue weighted by molar-refractivity contribution is 6.77. The van der Waals surface area contributed by atoms with Gasteiger partial charge in [-0.2, -0.15) is 0 Å². The van der Waals surface area contributed by atoms with Crippen molar-refractivity contribution in [3.8, 4) is 16.8 Å². The van der Waals surface area contributed by atoms with E-state index in [4.69, 9.17) is 4.42 Å². The van der Waals surface area contributed by atoms with Crippen LogP contribution in [0.3, 0.4) is 0 Å². The van der Waals surface area contributed by atoms with Gasteiger partial charge in [0.1, 0.15) is 11.9 Å². The number of aryl methyl sites for hydroxylation is 2. The molecule has 0 amide bonds. The first-order valence-corrected chi connectivity index (χ1v) is 13.9. The molecule has 6 rings (SSSR count). The molecular formula is C33H36BN4O+. The maximum absolute atomic E-state index is 6.26. The Bertz CT molecular complexity index is 1790. The highest BCUT2D eigenvalue weighted by Gasteiger charge is 2.34. The molecule has 6 heteroatoms. The van der Waals surface area contributed by atoms with Gasteiger partial charge < -0.3 is 4.42 Å².